The lowest BCUT2D eigenvalue weighted by Gasteiger charge is -2.39. The predicted octanol–water partition coefficient (Wildman–Crippen LogP) is 2.64. The normalized spacial score (nSPS) is 22.1. The number of hydrogen-bond acceptors (Lipinski definition) is 3. The van der Waals surface area contributed by atoms with Gasteiger partial charge in [-0.15, -0.1) is 0 Å². The first-order valence-electron chi connectivity index (χ1n) is 6.97. The van der Waals surface area contributed by atoms with E-state index >= 15 is 0 Å². The fourth-order valence-electron chi connectivity index (χ4n) is 2.76. The van der Waals surface area contributed by atoms with Gasteiger partial charge in [0.1, 0.15) is 0 Å². The largest absolute Gasteiger partial charge is 0.481 e. The predicted molar refractivity (Wildman–Crippen MR) is 81.4 cm³/mol. The molecule has 1 heterocycles. The third-order valence-corrected chi connectivity index (χ3v) is 4.57. The van der Waals surface area contributed by atoms with Crippen molar-refractivity contribution in [3.63, 3.8) is 0 Å². The third kappa shape index (κ3) is 2.97. The Balaban J connectivity index is 2.22. The van der Waals surface area contributed by atoms with E-state index in [1.54, 1.807) is 17.0 Å². The Labute approximate surface area is 128 Å². The summed E-state index contributed by atoms with van der Waals surface area (Å²) in [5, 5.41) is 9.80. The molecule has 114 valence electrons. The Morgan fingerprint density at radius 3 is 2.76 bits per heavy atom. The van der Waals surface area contributed by atoms with Crippen LogP contribution in [0.1, 0.15) is 36.5 Å². The fourth-order valence-corrected chi connectivity index (χ4v) is 2.94. The summed E-state index contributed by atoms with van der Waals surface area (Å²) in [7, 11) is 0. The average molecular weight is 311 g/mol. The number of amides is 1. The third-order valence-electron chi connectivity index (χ3n) is 4.24. The number of halogens is 1. The Hall–Kier alpha value is -1.75. The summed E-state index contributed by atoms with van der Waals surface area (Å²) in [4.78, 5) is 25.7. The van der Waals surface area contributed by atoms with Gasteiger partial charge in [0.05, 0.1) is 16.1 Å². The SMILES string of the molecule is CCC1(C(=O)O)CCCN(C(=O)c2ccc(N)c(Cl)c2)C1. The molecular formula is C15H19ClN2O3. The molecule has 1 saturated heterocycles. The number of carbonyl (C=O) groups excluding carboxylic acids is 1. The minimum absolute atomic E-state index is 0.198. The first kappa shape index (κ1) is 15.6. The number of rotatable bonds is 3. The van der Waals surface area contributed by atoms with E-state index in [-0.39, 0.29) is 12.5 Å². The van der Waals surface area contributed by atoms with E-state index in [2.05, 4.69) is 0 Å². The highest BCUT2D eigenvalue weighted by Gasteiger charge is 2.42. The maximum Gasteiger partial charge on any atom is 0.311 e. The molecule has 0 aromatic heterocycles. The second-order valence-electron chi connectivity index (χ2n) is 5.51. The van der Waals surface area contributed by atoms with Crippen molar-refractivity contribution in [3.8, 4) is 0 Å². The maximum absolute atomic E-state index is 12.5. The van der Waals surface area contributed by atoms with E-state index in [4.69, 9.17) is 17.3 Å². The highest BCUT2D eigenvalue weighted by molar-refractivity contribution is 6.33. The highest BCUT2D eigenvalue weighted by atomic mass is 35.5. The van der Waals surface area contributed by atoms with Gasteiger partial charge in [0.15, 0.2) is 0 Å². The first-order valence-corrected chi connectivity index (χ1v) is 7.35. The van der Waals surface area contributed by atoms with Gasteiger partial charge in [0.2, 0.25) is 0 Å². The highest BCUT2D eigenvalue weighted by Crippen LogP contribution is 2.34. The Morgan fingerprint density at radius 2 is 2.19 bits per heavy atom. The monoisotopic (exact) mass is 310 g/mol. The lowest BCUT2D eigenvalue weighted by atomic mass is 9.77. The van der Waals surface area contributed by atoms with Crippen molar-refractivity contribution < 1.29 is 14.7 Å². The standard InChI is InChI=1S/C15H19ClN2O3/c1-2-15(14(20)21)6-3-7-18(9-15)13(19)10-4-5-12(17)11(16)8-10/h4-5,8H,2-3,6-7,9,17H2,1H3,(H,20,21). The molecule has 0 saturated carbocycles. The van der Waals surface area contributed by atoms with E-state index in [1.807, 2.05) is 6.92 Å². The van der Waals surface area contributed by atoms with Gasteiger partial charge in [0, 0.05) is 18.7 Å². The van der Waals surface area contributed by atoms with E-state index < -0.39 is 11.4 Å². The number of hydrogen-bond donors (Lipinski definition) is 2. The van der Waals surface area contributed by atoms with Gasteiger partial charge in [-0.3, -0.25) is 9.59 Å². The van der Waals surface area contributed by atoms with E-state index in [1.165, 1.54) is 6.07 Å². The topological polar surface area (TPSA) is 83.6 Å². The Kier molecular flexibility index (Phi) is 4.42. The molecule has 1 fully saturated rings. The van der Waals surface area contributed by atoms with Crippen LogP contribution in [0.2, 0.25) is 5.02 Å². The smallest absolute Gasteiger partial charge is 0.311 e. The van der Waals surface area contributed by atoms with Gasteiger partial charge in [-0.05, 0) is 37.5 Å². The van der Waals surface area contributed by atoms with Gasteiger partial charge < -0.3 is 15.7 Å². The lowest BCUT2D eigenvalue weighted by molar-refractivity contribution is -0.152. The molecule has 1 aliphatic rings. The molecule has 1 atom stereocenters. The number of anilines is 1. The summed E-state index contributed by atoms with van der Waals surface area (Å²) in [5.41, 5.74) is 5.65. The molecular weight excluding hydrogens is 292 g/mol. The molecule has 0 aliphatic carbocycles. The molecule has 0 radical (unpaired) electrons. The van der Waals surface area contributed by atoms with Crippen molar-refractivity contribution in [1.29, 1.82) is 0 Å². The molecule has 21 heavy (non-hydrogen) atoms. The summed E-state index contributed by atoms with van der Waals surface area (Å²) >= 11 is 5.94. The van der Waals surface area contributed by atoms with Crippen LogP contribution in [0.4, 0.5) is 5.69 Å². The van der Waals surface area contributed by atoms with Gasteiger partial charge in [0.25, 0.3) is 5.91 Å². The molecule has 1 unspecified atom stereocenters. The first-order chi connectivity index (χ1) is 9.89. The number of nitrogen functional groups attached to an aromatic ring is 1. The number of benzene rings is 1. The minimum atomic E-state index is -0.842. The second kappa shape index (κ2) is 5.93. The molecule has 1 amide bonds. The van der Waals surface area contributed by atoms with Gasteiger partial charge in [-0.2, -0.15) is 0 Å². The Morgan fingerprint density at radius 1 is 1.48 bits per heavy atom. The number of carboxylic acids is 1. The molecule has 5 nitrogen and oxygen atoms in total. The van der Waals surface area contributed by atoms with Crippen LogP contribution in [0.5, 0.6) is 0 Å². The summed E-state index contributed by atoms with van der Waals surface area (Å²) < 4.78 is 0. The molecule has 0 bridgehead atoms. The number of nitrogens with two attached hydrogens (primary N) is 1. The van der Waals surface area contributed by atoms with Crippen LogP contribution < -0.4 is 5.73 Å². The zero-order chi connectivity index (χ0) is 15.6. The molecule has 2 rings (SSSR count). The van der Waals surface area contributed by atoms with E-state index in [0.29, 0.717) is 42.1 Å². The molecule has 1 aromatic rings. The zero-order valence-electron chi connectivity index (χ0n) is 11.9. The number of carbonyl (C=O) groups is 2. The van der Waals surface area contributed by atoms with Crippen LogP contribution in [0.25, 0.3) is 0 Å². The summed E-state index contributed by atoms with van der Waals surface area (Å²) in [5.74, 6) is -1.03. The number of likely N-dealkylation sites (tertiary alicyclic amines) is 1. The van der Waals surface area contributed by atoms with Crippen LogP contribution in [0.15, 0.2) is 18.2 Å². The lowest BCUT2D eigenvalue weighted by Crippen LogP contribution is -2.49. The minimum Gasteiger partial charge on any atom is -0.481 e. The summed E-state index contributed by atoms with van der Waals surface area (Å²) in [6.07, 6.45) is 1.80. The number of aliphatic carboxylic acids is 1. The van der Waals surface area contributed by atoms with Crippen LogP contribution >= 0.6 is 11.6 Å². The van der Waals surface area contributed by atoms with E-state index in [0.717, 1.165) is 0 Å². The number of piperidine rings is 1. The quantitative estimate of drug-likeness (QED) is 0.841. The zero-order valence-corrected chi connectivity index (χ0v) is 12.7. The van der Waals surface area contributed by atoms with Crippen molar-refractivity contribution in [1.82, 2.24) is 4.90 Å². The Bertz CT molecular complexity index is 576. The molecule has 1 aliphatic heterocycles. The van der Waals surface area contributed by atoms with Crippen LogP contribution in [-0.2, 0) is 4.79 Å². The van der Waals surface area contributed by atoms with Crippen molar-refractivity contribution in [2.75, 3.05) is 18.8 Å². The molecule has 1 aromatic carbocycles. The molecule has 3 N–H and O–H groups in total. The number of carboxylic acid groups (broad SMARTS) is 1. The van der Waals surface area contributed by atoms with Crippen LogP contribution in [0.3, 0.4) is 0 Å². The van der Waals surface area contributed by atoms with Gasteiger partial charge in [-0.1, -0.05) is 18.5 Å². The molecule has 6 heteroatoms. The second-order valence-corrected chi connectivity index (χ2v) is 5.91. The molecule has 0 spiro atoms. The van der Waals surface area contributed by atoms with Gasteiger partial charge in [-0.25, -0.2) is 0 Å². The summed E-state index contributed by atoms with van der Waals surface area (Å²) in [6.45, 7) is 2.65. The van der Waals surface area contributed by atoms with Crippen LogP contribution in [0, 0.1) is 5.41 Å². The van der Waals surface area contributed by atoms with Crippen molar-refractivity contribution >= 4 is 29.2 Å². The van der Waals surface area contributed by atoms with E-state index in [9.17, 15) is 14.7 Å². The number of nitrogens with zero attached hydrogens (tertiary/aromatic N) is 1. The maximum atomic E-state index is 12.5. The fraction of sp³-hybridized carbons (Fsp3) is 0.467. The van der Waals surface area contributed by atoms with Crippen LogP contribution in [-0.4, -0.2) is 35.0 Å². The van der Waals surface area contributed by atoms with Crippen molar-refractivity contribution in [2.45, 2.75) is 26.2 Å². The van der Waals surface area contributed by atoms with Gasteiger partial charge >= 0.3 is 5.97 Å². The van der Waals surface area contributed by atoms with Crippen molar-refractivity contribution in [3.05, 3.63) is 28.8 Å². The van der Waals surface area contributed by atoms with Crippen molar-refractivity contribution in [2.24, 2.45) is 5.41 Å². The summed E-state index contributed by atoms with van der Waals surface area (Å²) in [6, 6.07) is 4.73. The average Bonchev–Trinajstić information content (AvgIpc) is 2.49.